The number of carbonyl (C=O) groups excluding carboxylic acids is 1. The summed E-state index contributed by atoms with van der Waals surface area (Å²) in [6, 6.07) is 6.06. The van der Waals surface area contributed by atoms with Crippen LogP contribution < -0.4 is 4.74 Å². The topological polar surface area (TPSA) is 64.2 Å². The largest absolute Gasteiger partial charge is 0.459 e. The van der Waals surface area contributed by atoms with Gasteiger partial charge in [0.05, 0.1) is 6.20 Å². The molecular weight excluding hydrogens is 270 g/mol. The number of nitrogens with zero attached hydrogens (tertiary/aromatic N) is 1. The first-order valence-corrected chi connectivity index (χ1v) is 5.80. The highest BCUT2D eigenvalue weighted by molar-refractivity contribution is 5.40. The van der Waals surface area contributed by atoms with Gasteiger partial charge >= 0.3 is 6.61 Å². The van der Waals surface area contributed by atoms with Gasteiger partial charge in [0.2, 0.25) is 0 Å². The van der Waals surface area contributed by atoms with E-state index in [1.54, 1.807) is 24.5 Å². The molecule has 1 atom stereocenters. The first-order valence-electron chi connectivity index (χ1n) is 5.80. The van der Waals surface area contributed by atoms with E-state index in [1.807, 2.05) is 0 Å². The number of H-pyrrole nitrogens is 1. The summed E-state index contributed by atoms with van der Waals surface area (Å²) in [7, 11) is 0. The van der Waals surface area contributed by atoms with Gasteiger partial charge in [-0.3, -0.25) is 9.89 Å². The molecule has 1 heterocycles. The van der Waals surface area contributed by atoms with Gasteiger partial charge in [-0.15, -0.1) is 0 Å². The number of aromatic amines is 1. The Hall–Kier alpha value is -2.44. The Kier molecular flexibility index (Phi) is 4.65. The number of carbonyl (C=O) groups is 1. The van der Waals surface area contributed by atoms with E-state index in [0.29, 0.717) is 18.5 Å². The van der Waals surface area contributed by atoms with Crippen LogP contribution in [0.4, 0.5) is 8.78 Å². The number of alkyl halides is 2. The number of halogens is 2. The molecule has 0 bridgehead atoms. The molecule has 1 aromatic carbocycles. The zero-order valence-corrected chi connectivity index (χ0v) is 10.3. The van der Waals surface area contributed by atoms with E-state index in [1.165, 1.54) is 12.1 Å². The maximum atomic E-state index is 12.2. The van der Waals surface area contributed by atoms with Crippen molar-refractivity contribution in [3.8, 4) is 5.75 Å². The Balaban J connectivity index is 2.17. The molecule has 1 unspecified atom stereocenters. The SMILES string of the molecule is O=COC(Cc1cn[nH]c1)c1cccc(OC(F)F)c1. The van der Waals surface area contributed by atoms with Crippen molar-refractivity contribution < 1.29 is 23.0 Å². The molecule has 1 aromatic heterocycles. The molecule has 0 aliphatic heterocycles. The molecule has 0 aliphatic carbocycles. The Bertz CT molecular complexity index is 546. The summed E-state index contributed by atoms with van der Waals surface area (Å²) in [6.45, 7) is -2.57. The highest BCUT2D eigenvalue weighted by atomic mass is 19.3. The summed E-state index contributed by atoms with van der Waals surface area (Å²) in [4.78, 5) is 10.6. The first-order chi connectivity index (χ1) is 9.69. The van der Waals surface area contributed by atoms with Crippen molar-refractivity contribution in [2.45, 2.75) is 19.1 Å². The number of ether oxygens (including phenoxy) is 2. The van der Waals surface area contributed by atoms with Crippen molar-refractivity contribution in [2.24, 2.45) is 0 Å². The van der Waals surface area contributed by atoms with Gasteiger partial charge in [0.15, 0.2) is 0 Å². The Morgan fingerprint density at radius 3 is 2.90 bits per heavy atom. The molecule has 5 nitrogen and oxygen atoms in total. The zero-order valence-electron chi connectivity index (χ0n) is 10.3. The maximum Gasteiger partial charge on any atom is 0.387 e. The predicted molar refractivity (Wildman–Crippen MR) is 65.3 cm³/mol. The summed E-state index contributed by atoms with van der Waals surface area (Å²) in [6.07, 6.45) is 3.06. The van der Waals surface area contributed by atoms with Gasteiger partial charge in [-0.05, 0) is 23.3 Å². The highest BCUT2D eigenvalue weighted by Gasteiger charge is 2.15. The highest BCUT2D eigenvalue weighted by Crippen LogP contribution is 2.25. The van der Waals surface area contributed by atoms with Crippen LogP contribution in [0, 0.1) is 0 Å². The second kappa shape index (κ2) is 6.65. The lowest BCUT2D eigenvalue weighted by molar-refractivity contribution is -0.133. The van der Waals surface area contributed by atoms with Crippen LogP contribution in [0.15, 0.2) is 36.7 Å². The zero-order chi connectivity index (χ0) is 14.4. The van der Waals surface area contributed by atoms with Crippen molar-refractivity contribution in [2.75, 3.05) is 0 Å². The standard InChI is InChI=1S/C13H12F2N2O3/c14-13(15)20-11-3-1-2-10(5-11)12(19-8-18)4-9-6-16-17-7-9/h1-3,5-8,12-13H,4H2,(H,16,17). The van der Waals surface area contributed by atoms with Gasteiger partial charge < -0.3 is 9.47 Å². The lowest BCUT2D eigenvalue weighted by atomic mass is 10.0. The minimum Gasteiger partial charge on any atom is -0.459 e. The molecule has 0 fully saturated rings. The second-order valence-corrected chi connectivity index (χ2v) is 3.98. The van der Waals surface area contributed by atoms with Crippen molar-refractivity contribution in [3.05, 3.63) is 47.8 Å². The first kappa shape index (κ1) is 14.0. The minimum absolute atomic E-state index is 0.0178. The van der Waals surface area contributed by atoms with Crippen molar-refractivity contribution in [1.29, 1.82) is 0 Å². The van der Waals surface area contributed by atoms with E-state index in [0.717, 1.165) is 5.56 Å². The lowest BCUT2D eigenvalue weighted by Gasteiger charge is -2.15. The minimum atomic E-state index is -2.90. The van der Waals surface area contributed by atoms with Crippen molar-refractivity contribution in [1.82, 2.24) is 10.2 Å². The third kappa shape index (κ3) is 3.78. The van der Waals surface area contributed by atoms with Gasteiger partial charge in [-0.2, -0.15) is 13.9 Å². The van der Waals surface area contributed by atoms with E-state index in [2.05, 4.69) is 14.9 Å². The van der Waals surface area contributed by atoms with Gasteiger partial charge in [0.25, 0.3) is 6.47 Å². The molecule has 0 spiro atoms. The van der Waals surface area contributed by atoms with E-state index >= 15 is 0 Å². The molecule has 2 aromatic rings. The Labute approximate surface area is 113 Å². The Morgan fingerprint density at radius 2 is 2.25 bits per heavy atom. The van der Waals surface area contributed by atoms with Gasteiger partial charge in [0, 0.05) is 12.6 Å². The Morgan fingerprint density at radius 1 is 1.40 bits per heavy atom. The average molecular weight is 282 g/mol. The fraction of sp³-hybridized carbons (Fsp3) is 0.231. The molecule has 0 aliphatic rings. The van der Waals surface area contributed by atoms with E-state index in [9.17, 15) is 13.6 Å². The fourth-order valence-electron chi connectivity index (χ4n) is 1.81. The van der Waals surface area contributed by atoms with Gasteiger partial charge in [-0.1, -0.05) is 12.1 Å². The number of aromatic nitrogens is 2. The van der Waals surface area contributed by atoms with Crippen molar-refractivity contribution in [3.63, 3.8) is 0 Å². The summed E-state index contributed by atoms with van der Waals surface area (Å²) in [5.41, 5.74) is 1.40. The van der Waals surface area contributed by atoms with Gasteiger partial charge in [0.1, 0.15) is 11.9 Å². The second-order valence-electron chi connectivity index (χ2n) is 3.98. The van der Waals surface area contributed by atoms with Crippen LogP contribution in [-0.4, -0.2) is 23.3 Å². The lowest BCUT2D eigenvalue weighted by Crippen LogP contribution is -2.08. The maximum absolute atomic E-state index is 12.2. The molecule has 106 valence electrons. The van der Waals surface area contributed by atoms with Crippen LogP contribution >= 0.6 is 0 Å². The summed E-state index contributed by atoms with van der Waals surface area (Å²) >= 11 is 0. The number of benzene rings is 1. The molecule has 7 heteroatoms. The van der Waals surface area contributed by atoms with Crippen LogP contribution in [0.2, 0.25) is 0 Å². The van der Waals surface area contributed by atoms with Gasteiger partial charge in [-0.25, -0.2) is 0 Å². The average Bonchev–Trinajstić information content (AvgIpc) is 2.91. The summed E-state index contributed by atoms with van der Waals surface area (Å²) in [5, 5.41) is 6.44. The van der Waals surface area contributed by atoms with Crippen LogP contribution in [0.3, 0.4) is 0 Å². The molecule has 0 amide bonds. The van der Waals surface area contributed by atoms with Crippen LogP contribution in [0.1, 0.15) is 17.2 Å². The third-order valence-electron chi connectivity index (χ3n) is 2.65. The van der Waals surface area contributed by atoms with E-state index < -0.39 is 12.7 Å². The summed E-state index contributed by atoms with van der Waals surface area (Å²) in [5.74, 6) is 0.0178. The number of hydrogen-bond acceptors (Lipinski definition) is 4. The van der Waals surface area contributed by atoms with Crippen LogP contribution in [0.5, 0.6) is 5.75 Å². The molecule has 2 rings (SSSR count). The normalized spacial score (nSPS) is 12.2. The van der Waals surface area contributed by atoms with Crippen LogP contribution in [0.25, 0.3) is 0 Å². The quantitative estimate of drug-likeness (QED) is 0.792. The summed E-state index contributed by atoms with van der Waals surface area (Å²) < 4.78 is 33.7. The molecule has 0 saturated carbocycles. The third-order valence-corrected chi connectivity index (χ3v) is 2.65. The molecular formula is C13H12F2N2O3. The molecule has 1 N–H and O–H groups in total. The molecule has 20 heavy (non-hydrogen) atoms. The molecule has 0 radical (unpaired) electrons. The number of hydrogen-bond donors (Lipinski definition) is 1. The van der Waals surface area contributed by atoms with E-state index in [-0.39, 0.29) is 5.75 Å². The fourth-order valence-corrected chi connectivity index (χ4v) is 1.81. The van der Waals surface area contributed by atoms with Crippen molar-refractivity contribution >= 4 is 6.47 Å². The molecule has 0 saturated heterocycles. The monoisotopic (exact) mass is 282 g/mol. The number of rotatable bonds is 7. The van der Waals surface area contributed by atoms with Crippen LogP contribution in [-0.2, 0) is 16.0 Å². The number of nitrogens with one attached hydrogen (secondary N) is 1. The predicted octanol–water partition coefficient (Wildman–Crippen LogP) is 2.47. The smallest absolute Gasteiger partial charge is 0.387 e. The van der Waals surface area contributed by atoms with E-state index in [4.69, 9.17) is 4.74 Å².